The van der Waals surface area contributed by atoms with E-state index in [1.807, 2.05) is 6.92 Å². The van der Waals surface area contributed by atoms with Crippen LogP contribution in [0, 0.1) is 6.92 Å². The van der Waals surface area contributed by atoms with E-state index in [4.69, 9.17) is 0 Å². The van der Waals surface area contributed by atoms with Crippen LogP contribution < -0.4 is 5.32 Å². The molecule has 2 aliphatic heterocycles. The lowest BCUT2D eigenvalue weighted by molar-refractivity contribution is -0.126. The van der Waals surface area contributed by atoms with E-state index >= 15 is 0 Å². The lowest BCUT2D eigenvalue weighted by Gasteiger charge is -2.21. The highest BCUT2D eigenvalue weighted by Gasteiger charge is 2.42. The molecule has 3 amide bonds. The molecule has 0 saturated carbocycles. The molecular formula is C12H15N3O4S2. The minimum absolute atomic E-state index is 0.00774. The van der Waals surface area contributed by atoms with E-state index in [9.17, 15) is 18.0 Å². The summed E-state index contributed by atoms with van der Waals surface area (Å²) in [5.74, 6) is -0.295. The van der Waals surface area contributed by atoms with Crippen molar-refractivity contribution >= 4 is 33.3 Å². The topological polar surface area (TPSA) is 86.8 Å². The maximum absolute atomic E-state index is 12.5. The van der Waals surface area contributed by atoms with Gasteiger partial charge in [-0.15, -0.1) is 11.3 Å². The van der Waals surface area contributed by atoms with Gasteiger partial charge in [0.05, 0.1) is 12.6 Å². The highest BCUT2D eigenvalue weighted by Crippen LogP contribution is 2.28. The lowest BCUT2D eigenvalue weighted by atomic mass is 10.2. The number of carbonyl (C=O) groups excluding carboxylic acids is 2. The second-order valence-electron chi connectivity index (χ2n) is 5.09. The van der Waals surface area contributed by atoms with Crippen molar-refractivity contribution in [3.63, 3.8) is 0 Å². The summed E-state index contributed by atoms with van der Waals surface area (Å²) in [5.41, 5.74) is 0. The molecule has 2 saturated heterocycles. The van der Waals surface area contributed by atoms with E-state index in [0.29, 0.717) is 17.2 Å². The number of hydrogen-bond donors (Lipinski definition) is 1. The Hall–Kier alpha value is -1.45. The highest BCUT2D eigenvalue weighted by atomic mass is 32.2. The van der Waals surface area contributed by atoms with Gasteiger partial charge < -0.3 is 5.32 Å². The largest absolute Gasteiger partial charge is 0.329 e. The second kappa shape index (κ2) is 5.08. The SMILES string of the molecule is Cc1ccc(S(=O)(=O)N2CCC(N3C(=O)CNC3=O)C2)s1. The van der Waals surface area contributed by atoms with Crippen LogP contribution in [0.5, 0.6) is 0 Å². The van der Waals surface area contributed by atoms with Gasteiger partial charge in [-0.2, -0.15) is 4.31 Å². The standard InChI is InChI=1S/C12H15N3O4S2/c1-8-2-3-11(20-8)21(18,19)14-5-4-9(7-14)15-10(16)6-13-12(15)17/h2-3,9H,4-7H2,1H3,(H,13,17). The maximum atomic E-state index is 12.5. The quantitative estimate of drug-likeness (QED) is 0.812. The van der Waals surface area contributed by atoms with E-state index in [-0.39, 0.29) is 25.0 Å². The van der Waals surface area contributed by atoms with Gasteiger partial charge in [-0.25, -0.2) is 13.2 Å². The Morgan fingerprint density at radius 3 is 2.67 bits per heavy atom. The second-order valence-corrected chi connectivity index (χ2v) is 8.55. The first kappa shape index (κ1) is 14.5. The molecule has 0 radical (unpaired) electrons. The van der Waals surface area contributed by atoms with Crippen molar-refractivity contribution in [3.05, 3.63) is 17.0 Å². The van der Waals surface area contributed by atoms with Crippen molar-refractivity contribution in [2.45, 2.75) is 23.6 Å². The van der Waals surface area contributed by atoms with Crippen molar-refractivity contribution in [3.8, 4) is 0 Å². The maximum Gasteiger partial charge on any atom is 0.324 e. The van der Waals surface area contributed by atoms with Crippen molar-refractivity contribution in [2.75, 3.05) is 19.6 Å². The van der Waals surface area contributed by atoms with Gasteiger partial charge in [-0.1, -0.05) is 0 Å². The third-order valence-electron chi connectivity index (χ3n) is 3.68. The molecule has 1 atom stereocenters. The number of thiophene rings is 1. The summed E-state index contributed by atoms with van der Waals surface area (Å²) >= 11 is 1.23. The molecule has 0 aliphatic carbocycles. The van der Waals surface area contributed by atoms with Crippen LogP contribution in [0.2, 0.25) is 0 Å². The van der Waals surface area contributed by atoms with Crippen LogP contribution in [0.25, 0.3) is 0 Å². The fraction of sp³-hybridized carbons (Fsp3) is 0.500. The third-order valence-corrected chi connectivity index (χ3v) is 7.01. The third kappa shape index (κ3) is 2.45. The van der Waals surface area contributed by atoms with Crippen LogP contribution in [0.4, 0.5) is 4.79 Å². The van der Waals surface area contributed by atoms with Gasteiger partial charge in [0.15, 0.2) is 0 Å². The first-order chi connectivity index (χ1) is 9.89. The molecule has 3 heterocycles. The van der Waals surface area contributed by atoms with E-state index in [2.05, 4.69) is 5.32 Å². The van der Waals surface area contributed by atoms with E-state index in [1.54, 1.807) is 12.1 Å². The molecule has 1 aromatic rings. The monoisotopic (exact) mass is 329 g/mol. The lowest BCUT2D eigenvalue weighted by Crippen LogP contribution is -2.42. The summed E-state index contributed by atoms with van der Waals surface area (Å²) in [6.07, 6.45) is 0.475. The summed E-state index contributed by atoms with van der Waals surface area (Å²) in [6.45, 7) is 2.33. The van der Waals surface area contributed by atoms with Crippen molar-refractivity contribution in [2.24, 2.45) is 0 Å². The molecule has 9 heteroatoms. The van der Waals surface area contributed by atoms with Crippen LogP contribution in [0.1, 0.15) is 11.3 Å². The van der Waals surface area contributed by atoms with Crippen LogP contribution >= 0.6 is 11.3 Å². The first-order valence-electron chi connectivity index (χ1n) is 6.56. The predicted octanol–water partition coefficient (Wildman–Crippen LogP) is 0.371. The number of amides is 3. The zero-order valence-corrected chi connectivity index (χ0v) is 13.0. The molecule has 1 unspecified atom stereocenters. The molecule has 0 aromatic carbocycles. The number of sulfonamides is 1. The summed E-state index contributed by atoms with van der Waals surface area (Å²) in [4.78, 5) is 25.4. The Balaban J connectivity index is 1.78. The summed E-state index contributed by atoms with van der Waals surface area (Å²) in [6, 6.07) is 2.55. The van der Waals surface area contributed by atoms with Gasteiger partial charge in [-0.3, -0.25) is 9.69 Å². The molecule has 21 heavy (non-hydrogen) atoms. The first-order valence-corrected chi connectivity index (χ1v) is 8.82. The Bertz CT molecular complexity index is 681. The fourth-order valence-corrected chi connectivity index (χ4v) is 5.55. The molecule has 3 rings (SSSR count). The number of carbonyl (C=O) groups is 2. The molecule has 0 spiro atoms. The molecule has 1 aromatic heterocycles. The average Bonchev–Trinajstić information content (AvgIpc) is 3.11. The molecule has 1 N–H and O–H groups in total. The Kier molecular flexibility index (Phi) is 3.50. The minimum atomic E-state index is -3.53. The van der Waals surface area contributed by atoms with Gasteiger partial charge >= 0.3 is 6.03 Å². The molecular weight excluding hydrogens is 314 g/mol. The molecule has 0 bridgehead atoms. The van der Waals surface area contributed by atoms with Crippen molar-refractivity contribution in [1.29, 1.82) is 0 Å². The van der Waals surface area contributed by atoms with Gasteiger partial charge in [0, 0.05) is 18.0 Å². The van der Waals surface area contributed by atoms with E-state index < -0.39 is 16.1 Å². The van der Waals surface area contributed by atoms with Crippen LogP contribution in [-0.4, -0.2) is 55.2 Å². The number of rotatable bonds is 3. The normalized spacial score (nSPS) is 23.9. The Morgan fingerprint density at radius 1 is 1.33 bits per heavy atom. The van der Waals surface area contributed by atoms with Crippen molar-refractivity contribution in [1.82, 2.24) is 14.5 Å². The van der Waals surface area contributed by atoms with Crippen LogP contribution in [-0.2, 0) is 14.8 Å². The Labute approximate surface area is 126 Å². The Morgan fingerprint density at radius 2 is 2.10 bits per heavy atom. The van der Waals surface area contributed by atoms with Crippen LogP contribution in [0.3, 0.4) is 0 Å². The molecule has 7 nitrogen and oxygen atoms in total. The van der Waals surface area contributed by atoms with Gasteiger partial charge in [0.25, 0.3) is 10.0 Å². The number of urea groups is 1. The molecule has 114 valence electrons. The zero-order chi connectivity index (χ0) is 15.2. The number of aryl methyl sites for hydroxylation is 1. The average molecular weight is 329 g/mol. The summed E-state index contributed by atoms with van der Waals surface area (Å²) in [7, 11) is -3.53. The van der Waals surface area contributed by atoms with Gasteiger partial charge in [-0.05, 0) is 25.5 Å². The zero-order valence-electron chi connectivity index (χ0n) is 11.4. The fourth-order valence-electron chi connectivity index (χ4n) is 2.62. The van der Waals surface area contributed by atoms with Gasteiger partial charge in [0.1, 0.15) is 4.21 Å². The number of nitrogens with one attached hydrogen (secondary N) is 1. The highest BCUT2D eigenvalue weighted by molar-refractivity contribution is 7.91. The van der Waals surface area contributed by atoms with Crippen LogP contribution in [0.15, 0.2) is 16.3 Å². The number of hydrogen-bond acceptors (Lipinski definition) is 5. The van der Waals surface area contributed by atoms with Gasteiger partial charge in [0.2, 0.25) is 5.91 Å². The summed E-state index contributed by atoms with van der Waals surface area (Å²) in [5, 5.41) is 2.46. The minimum Gasteiger partial charge on any atom is -0.329 e. The van der Waals surface area contributed by atoms with E-state index in [0.717, 1.165) is 9.78 Å². The number of imide groups is 1. The van der Waals surface area contributed by atoms with Crippen molar-refractivity contribution < 1.29 is 18.0 Å². The predicted molar refractivity (Wildman–Crippen MR) is 76.5 cm³/mol. The summed E-state index contributed by atoms with van der Waals surface area (Å²) < 4.78 is 26.7. The smallest absolute Gasteiger partial charge is 0.324 e. The number of nitrogens with zero attached hydrogens (tertiary/aromatic N) is 2. The van der Waals surface area contributed by atoms with E-state index in [1.165, 1.54) is 15.6 Å². The molecule has 2 fully saturated rings. The molecule has 2 aliphatic rings.